The molecule has 11 heteroatoms. The number of amides is 1. The van der Waals surface area contributed by atoms with E-state index in [1.807, 2.05) is 18.7 Å². The summed E-state index contributed by atoms with van der Waals surface area (Å²) in [7, 11) is 0. The SMILES string of the molecule is C/C(N=CN)=C(/C=Nc1ccc(N2CCCNCC2)c(F)c1)C(F)(F)F.CC(C)NC(=O)C1CCCC1C. The molecule has 38 heavy (non-hydrogen) atoms. The summed E-state index contributed by atoms with van der Waals surface area (Å²) in [6.07, 6.45) is 1.18. The Morgan fingerprint density at radius 1 is 1.21 bits per heavy atom. The number of halogens is 4. The Morgan fingerprint density at radius 2 is 1.95 bits per heavy atom. The van der Waals surface area contributed by atoms with Crippen LogP contribution in [-0.4, -0.2) is 56.9 Å². The lowest BCUT2D eigenvalue weighted by Gasteiger charge is -2.22. The van der Waals surface area contributed by atoms with Crippen LogP contribution in [0.5, 0.6) is 0 Å². The van der Waals surface area contributed by atoms with Gasteiger partial charge in [0.05, 0.1) is 29.0 Å². The Kier molecular flexibility index (Phi) is 12.2. The van der Waals surface area contributed by atoms with Gasteiger partial charge in [0, 0.05) is 43.9 Å². The van der Waals surface area contributed by atoms with E-state index >= 15 is 0 Å². The first-order valence-electron chi connectivity index (χ1n) is 13.1. The monoisotopic (exact) mass is 540 g/mol. The number of carbonyl (C=O) groups excluding carboxylic acids is 1. The van der Waals surface area contributed by atoms with Gasteiger partial charge in [-0.3, -0.25) is 9.79 Å². The van der Waals surface area contributed by atoms with E-state index in [0.717, 1.165) is 38.3 Å². The van der Waals surface area contributed by atoms with Crippen molar-refractivity contribution < 1.29 is 22.4 Å². The smallest absolute Gasteiger partial charge is 0.390 e. The van der Waals surface area contributed by atoms with E-state index in [0.29, 0.717) is 30.9 Å². The summed E-state index contributed by atoms with van der Waals surface area (Å²) in [5, 5.41) is 6.20. The summed E-state index contributed by atoms with van der Waals surface area (Å²) in [6.45, 7) is 10.4. The largest absolute Gasteiger partial charge is 0.419 e. The molecule has 2 unspecified atom stereocenters. The van der Waals surface area contributed by atoms with Crippen LogP contribution in [-0.2, 0) is 4.79 Å². The van der Waals surface area contributed by atoms with Crippen LogP contribution in [0.15, 0.2) is 39.5 Å². The van der Waals surface area contributed by atoms with Crippen molar-refractivity contribution in [3.63, 3.8) is 0 Å². The number of anilines is 1. The number of hydrogen-bond acceptors (Lipinski definition) is 5. The second-order valence-electron chi connectivity index (χ2n) is 9.94. The fourth-order valence-corrected chi connectivity index (χ4v) is 4.54. The second kappa shape index (κ2) is 14.8. The van der Waals surface area contributed by atoms with E-state index in [1.54, 1.807) is 0 Å². The van der Waals surface area contributed by atoms with Crippen molar-refractivity contribution in [2.24, 2.45) is 27.6 Å². The summed E-state index contributed by atoms with van der Waals surface area (Å²) >= 11 is 0. The maximum Gasteiger partial charge on any atom is 0.419 e. The molecule has 1 aliphatic carbocycles. The van der Waals surface area contributed by atoms with Crippen LogP contribution in [0.1, 0.15) is 53.4 Å². The maximum atomic E-state index is 14.4. The molecule has 1 heterocycles. The number of nitrogens with one attached hydrogen (secondary N) is 2. The number of carbonyl (C=O) groups is 1. The molecule has 1 aliphatic heterocycles. The molecule has 3 rings (SSSR count). The molecule has 1 aromatic rings. The number of alkyl halides is 3. The molecule has 1 saturated heterocycles. The quantitative estimate of drug-likeness (QED) is 0.266. The molecule has 7 nitrogen and oxygen atoms in total. The van der Waals surface area contributed by atoms with E-state index in [9.17, 15) is 22.4 Å². The zero-order chi connectivity index (χ0) is 28.3. The molecule has 1 amide bonds. The number of aliphatic imine (C=N–C) groups is 2. The summed E-state index contributed by atoms with van der Waals surface area (Å²) in [5.74, 6) is 0.613. The van der Waals surface area contributed by atoms with Crippen molar-refractivity contribution in [1.82, 2.24) is 10.6 Å². The molecule has 212 valence electrons. The Bertz CT molecular complexity index is 998. The molecule has 4 N–H and O–H groups in total. The van der Waals surface area contributed by atoms with Gasteiger partial charge in [-0.15, -0.1) is 0 Å². The van der Waals surface area contributed by atoms with E-state index in [4.69, 9.17) is 5.73 Å². The number of nitrogens with zero attached hydrogens (tertiary/aromatic N) is 3. The first kappa shape index (κ1) is 31.3. The van der Waals surface area contributed by atoms with Gasteiger partial charge in [-0.2, -0.15) is 13.2 Å². The van der Waals surface area contributed by atoms with Crippen LogP contribution in [0.25, 0.3) is 0 Å². The fourth-order valence-electron chi connectivity index (χ4n) is 4.54. The van der Waals surface area contributed by atoms with Gasteiger partial charge in [0.1, 0.15) is 5.82 Å². The lowest BCUT2D eigenvalue weighted by atomic mass is 9.97. The summed E-state index contributed by atoms with van der Waals surface area (Å²) in [4.78, 5) is 20.7. The fraction of sp³-hybridized carbons (Fsp3) is 0.593. The summed E-state index contributed by atoms with van der Waals surface area (Å²) < 4.78 is 53.6. The molecule has 2 atom stereocenters. The minimum Gasteiger partial charge on any atom is -0.390 e. The number of nitrogens with two attached hydrogens (primary N) is 1. The van der Waals surface area contributed by atoms with Gasteiger partial charge in [-0.25, -0.2) is 9.38 Å². The molecular formula is C27H40F4N6O. The Hall–Kier alpha value is -2.95. The van der Waals surface area contributed by atoms with Gasteiger partial charge in [0.2, 0.25) is 5.91 Å². The highest BCUT2D eigenvalue weighted by atomic mass is 19.4. The van der Waals surface area contributed by atoms with Crippen LogP contribution in [0.3, 0.4) is 0 Å². The predicted octanol–water partition coefficient (Wildman–Crippen LogP) is 5.10. The van der Waals surface area contributed by atoms with Crippen molar-refractivity contribution in [3.8, 4) is 0 Å². The number of benzene rings is 1. The van der Waals surface area contributed by atoms with Gasteiger partial charge in [-0.05, 0) is 64.6 Å². The van der Waals surface area contributed by atoms with Crippen LogP contribution in [0, 0.1) is 17.7 Å². The second-order valence-corrected chi connectivity index (χ2v) is 9.94. The third kappa shape index (κ3) is 9.74. The molecule has 2 aliphatic rings. The Balaban J connectivity index is 0.000000352. The highest BCUT2D eigenvalue weighted by Crippen LogP contribution is 2.31. The highest BCUT2D eigenvalue weighted by molar-refractivity contribution is 5.84. The van der Waals surface area contributed by atoms with Crippen LogP contribution in [0.4, 0.5) is 28.9 Å². The van der Waals surface area contributed by atoms with E-state index < -0.39 is 17.6 Å². The number of hydrogen-bond donors (Lipinski definition) is 3. The zero-order valence-corrected chi connectivity index (χ0v) is 22.6. The molecule has 1 aromatic carbocycles. The third-order valence-electron chi connectivity index (χ3n) is 6.55. The average molecular weight is 541 g/mol. The first-order valence-corrected chi connectivity index (χ1v) is 13.1. The van der Waals surface area contributed by atoms with Crippen molar-refractivity contribution in [2.45, 2.75) is 65.6 Å². The van der Waals surface area contributed by atoms with Crippen molar-refractivity contribution >= 4 is 29.8 Å². The standard InChI is InChI=1S/C17H21F4N5.C10H19NO/c1-12(25-11-22)14(17(19,20)21)10-24-13-3-4-16(15(18)9-13)26-7-2-5-23-6-8-26;1-7(2)11-10(12)9-6-4-5-8(9)3/h3-4,9-11,23H,2,5-8H2,1H3,(H2,22,25);7-9H,4-6H2,1-3H3,(H,11,12)/b14-12+,24-10?;. The summed E-state index contributed by atoms with van der Waals surface area (Å²) in [5.41, 5.74) is 4.19. The number of allylic oxidation sites excluding steroid dienone is 2. The molecular weight excluding hydrogens is 500 g/mol. The third-order valence-corrected chi connectivity index (χ3v) is 6.55. The van der Waals surface area contributed by atoms with Gasteiger partial charge in [0.25, 0.3) is 0 Å². The molecule has 1 saturated carbocycles. The van der Waals surface area contributed by atoms with Gasteiger partial charge in [-0.1, -0.05) is 13.3 Å². The topological polar surface area (TPSA) is 95.1 Å². The molecule has 0 radical (unpaired) electrons. The van der Waals surface area contributed by atoms with Crippen LogP contribution >= 0.6 is 0 Å². The normalized spacial score (nSPS) is 21.3. The van der Waals surface area contributed by atoms with Gasteiger partial charge < -0.3 is 21.3 Å². The van der Waals surface area contributed by atoms with E-state index in [1.165, 1.54) is 31.9 Å². The van der Waals surface area contributed by atoms with E-state index in [2.05, 4.69) is 27.5 Å². The van der Waals surface area contributed by atoms with Crippen molar-refractivity contribution in [3.05, 3.63) is 35.3 Å². The van der Waals surface area contributed by atoms with Crippen molar-refractivity contribution in [1.29, 1.82) is 0 Å². The lowest BCUT2D eigenvalue weighted by molar-refractivity contribution is -0.126. The minimum atomic E-state index is -4.64. The van der Waals surface area contributed by atoms with Gasteiger partial charge >= 0.3 is 6.18 Å². The van der Waals surface area contributed by atoms with Crippen LogP contribution < -0.4 is 21.3 Å². The molecule has 2 fully saturated rings. The lowest BCUT2D eigenvalue weighted by Crippen LogP contribution is -2.36. The molecule has 0 aromatic heterocycles. The predicted molar refractivity (Wildman–Crippen MR) is 145 cm³/mol. The zero-order valence-electron chi connectivity index (χ0n) is 22.6. The summed E-state index contributed by atoms with van der Waals surface area (Å²) in [6, 6.07) is 4.43. The highest BCUT2D eigenvalue weighted by Gasteiger charge is 2.34. The Labute approximate surface area is 222 Å². The minimum absolute atomic E-state index is 0.0884. The van der Waals surface area contributed by atoms with Crippen LogP contribution in [0.2, 0.25) is 0 Å². The van der Waals surface area contributed by atoms with Crippen molar-refractivity contribution in [2.75, 3.05) is 31.1 Å². The molecule has 0 spiro atoms. The number of rotatable bonds is 6. The molecule has 0 bridgehead atoms. The Morgan fingerprint density at radius 3 is 2.53 bits per heavy atom. The average Bonchev–Trinajstić information content (AvgIpc) is 3.08. The maximum absolute atomic E-state index is 14.4. The first-order chi connectivity index (χ1) is 17.9. The van der Waals surface area contributed by atoms with E-state index in [-0.39, 0.29) is 29.3 Å². The van der Waals surface area contributed by atoms with Gasteiger partial charge in [0.15, 0.2) is 0 Å².